The van der Waals surface area contributed by atoms with Crippen LogP contribution in [0.4, 0.5) is 0 Å². The summed E-state index contributed by atoms with van der Waals surface area (Å²) in [4.78, 5) is 15.9. The Bertz CT molecular complexity index is 578. The molecule has 94 valence electrons. The zero-order valence-corrected chi connectivity index (χ0v) is 10.9. The van der Waals surface area contributed by atoms with Gasteiger partial charge < -0.3 is 9.30 Å². The summed E-state index contributed by atoms with van der Waals surface area (Å²) < 4.78 is 6.97. The lowest BCUT2D eigenvalue weighted by Crippen LogP contribution is -2.08. The molecule has 0 saturated heterocycles. The van der Waals surface area contributed by atoms with Gasteiger partial charge in [-0.25, -0.2) is 9.78 Å². The average Bonchev–Trinajstić information content (AvgIpc) is 2.75. The van der Waals surface area contributed by atoms with Crippen LogP contribution in [-0.2, 0) is 18.4 Å². The van der Waals surface area contributed by atoms with E-state index in [1.54, 1.807) is 35.2 Å². The molecule has 0 amide bonds. The molecule has 1 aromatic carbocycles. The highest BCUT2D eigenvalue weighted by Gasteiger charge is 2.10. The van der Waals surface area contributed by atoms with E-state index in [9.17, 15) is 4.79 Å². The molecular weight excluding hydrogens is 252 g/mol. The second-order valence-corrected chi connectivity index (χ2v) is 4.40. The first kappa shape index (κ1) is 12.6. The number of imidazole rings is 1. The summed E-state index contributed by atoms with van der Waals surface area (Å²) in [5.74, 6) is 0.293. The number of carbonyl (C=O) groups excluding carboxylic acids is 1. The number of halogens is 1. The molecule has 0 aliphatic rings. The van der Waals surface area contributed by atoms with E-state index in [2.05, 4.69) is 4.98 Å². The number of ether oxygens (including phenoxy) is 1. The summed E-state index contributed by atoms with van der Waals surface area (Å²) in [7, 11) is 1.85. The molecule has 0 N–H and O–H groups in total. The first-order valence-corrected chi connectivity index (χ1v) is 5.85. The third kappa shape index (κ3) is 2.71. The van der Waals surface area contributed by atoms with Crippen LogP contribution in [0, 0.1) is 6.92 Å². The number of aromatic nitrogens is 2. The van der Waals surface area contributed by atoms with Crippen LogP contribution in [0.5, 0.6) is 0 Å². The molecule has 1 heterocycles. The molecule has 0 bridgehead atoms. The summed E-state index contributed by atoms with van der Waals surface area (Å²) in [5.41, 5.74) is 1.37. The van der Waals surface area contributed by atoms with Crippen molar-refractivity contribution in [3.63, 3.8) is 0 Å². The van der Waals surface area contributed by atoms with Crippen LogP contribution in [0.2, 0.25) is 5.02 Å². The van der Waals surface area contributed by atoms with Crippen LogP contribution in [0.15, 0.2) is 30.6 Å². The summed E-state index contributed by atoms with van der Waals surface area (Å²) >= 11 is 5.96. The molecule has 2 rings (SSSR count). The smallest absolute Gasteiger partial charge is 0.338 e. The Morgan fingerprint density at radius 3 is 2.89 bits per heavy atom. The Labute approximate surface area is 110 Å². The van der Waals surface area contributed by atoms with Crippen molar-refractivity contribution in [2.24, 2.45) is 7.05 Å². The van der Waals surface area contributed by atoms with Gasteiger partial charge in [0.15, 0.2) is 0 Å². The molecule has 0 spiro atoms. The van der Waals surface area contributed by atoms with Gasteiger partial charge in [-0.1, -0.05) is 17.7 Å². The zero-order chi connectivity index (χ0) is 13.1. The van der Waals surface area contributed by atoms with Crippen molar-refractivity contribution in [3.05, 3.63) is 52.6 Å². The molecular formula is C13H13ClN2O2. The molecule has 0 aliphatic carbocycles. The van der Waals surface area contributed by atoms with E-state index < -0.39 is 5.97 Å². The van der Waals surface area contributed by atoms with E-state index >= 15 is 0 Å². The van der Waals surface area contributed by atoms with E-state index in [-0.39, 0.29) is 6.61 Å². The predicted molar refractivity (Wildman–Crippen MR) is 68.5 cm³/mol. The highest BCUT2D eigenvalue weighted by molar-refractivity contribution is 6.31. The number of carbonyl (C=O) groups is 1. The quantitative estimate of drug-likeness (QED) is 0.801. The van der Waals surface area contributed by atoms with Gasteiger partial charge in [-0.2, -0.15) is 0 Å². The molecule has 2 aromatic rings. The predicted octanol–water partition coefficient (Wildman–Crippen LogP) is 2.74. The van der Waals surface area contributed by atoms with E-state index in [0.717, 1.165) is 5.56 Å². The first-order chi connectivity index (χ1) is 8.58. The number of aryl methyl sites for hydroxylation is 2. The molecule has 0 aliphatic heterocycles. The molecule has 0 fully saturated rings. The van der Waals surface area contributed by atoms with Gasteiger partial charge in [-0.05, 0) is 24.6 Å². The Kier molecular flexibility index (Phi) is 3.67. The maximum atomic E-state index is 11.8. The van der Waals surface area contributed by atoms with E-state index in [1.807, 2.05) is 14.0 Å². The van der Waals surface area contributed by atoms with Gasteiger partial charge in [0.1, 0.15) is 12.4 Å². The highest BCUT2D eigenvalue weighted by Crippen LogP contribution is 2.17. The molecule has 18 heavy (non-hydrogen) atoms. The minimum Gasteiger partial charge on any atom is -0.454 e. The number of hydrogen-bond donors (Lipinski definition) is 0. The maximum Gasteiger partial charge on any atom is 0.338 e. The van der Waals surface area contributed by atoms with Crippen LogP contribution < -0.4 is 0 Å². The number of nitrogens with zero attached hydrogens (tertiary/aromatic N) is 2. The fourth-order valence-corrected chi connectivity index (χ4v) is 1.65. The van der Waals surface area contributed by atoms with Crippen molar-refractivity contribution in [2.75, 3.05) is 0 Å². The lowest BCUT2D eigenvalue weighted by atomic mass is 10.1. The van der Waals surface area contributed by atoms with Gasteiger partial charge >= 0.3 is 5.97 Å². The van der Waals surface area contributed by atoms with Crippen molar-refractivity contribution in [1.29, 1.82) is 0 Å². The van der Waals surface area contributed by atoms with Gasteiger partial charge in [-0.3, -0.25) is 0 Å². The highest BCUT2D eigenvalue weighted by atomic mass is 35.5. The topological polar surface area (TPSA) is 44.1 Å². The Balaban J connectivity index is 2.04. The molecule has 0 saturated carbocycles. The second-order valence-electron chi connectivity index (χ2n) is 3.99. The number of hydrogen-bond acceptors (Lipinski definition) is 3. The van der Waals surface area contributed by atoms with Crippen molar-refractivity contribution in [2.45, 2.75) is 13.5 Å². The van der Waals surface area contributed by atoms with Gasteiger partial charge in [0.05, 0.1) is 5.56 Å². The van der Waals surface area contributed by atoms with Crippen molar-refractivity contribution in [3.8, 4) is 0 Å². The molecule has 1 aromatic heterocycles. The molecule has 0 unspecified atom stereocenters. The second kappa shape index (κ2) is 5.23. The van der Waals surface area contributed by atoms with Crippen molar-refractivity contribution >= 4 is 17.6 Å². The summed E-state index contributed by atoms with van der Waals surface area (Å²) in [6, 6.07) is 5.10. The maximum absolute atomic E-state index is 11.8. The normalized spacial score (nSPS) is 10.4. The number of benzene rings is 1. The van der Waals surface area contributed by atoms with Crippen LogP contribution in [0.1, 0.15) is 21.7 Å². The van der Waals surface area contributed by atoms with Gasteiger partial charge in [0.25, 0.3) is 0 Å². The fraction of sp³-hybridized carbons (Fsp3) is 0.231. The van der Waals surface area contributed by atoms with E-state index in [4.69, 9.17) is 16.3 Å². The lowest BCUT2D eigenvalue weighted by Gasteiger charge is -2.06. The van der Waals surface area contributed by atoms with Crippen LogP contribution >= 0.6 is 11.6 Å². The first-order valence-electron chi connectivity index (χ1n) is 5.47. The Morgan fingerprint density at radius 1 is 1.50 bits per heavy atom. The van der Waals surface area contributed by atoms with Crippen LogP contribution in [0.25, 0.3) is 0 Å². The summed E-state index contributed by atoms with van der Waals surface area (Å²) in [6.45, 7) is 2.03. The summed E-state index contributed by atoms with van der Waals surface area (Å²) in [6.07, 6.45) is 3.46. The largest absolute Gasteiger partial charge is 0.454 e. The van der Waals surface area contributed by atoms with E-state index in [0.29, 0.717) is 16.4 Å². The van der Waals surface area contributed by atoms with Gasteiger partial charge in [-0.15, -0.1) is 0 Å². The lowest BCUT2D eigenvalue weighted by molar-refractivity contribution is 0.0459. The van der Waals surface area contributed by atoms with E-state index in [1.165, 1.54) is 0 Å². The molecule has 4 nitrogen and oxygen atoms in total. The fourth-order valence-electron chi connectivity index (χ4n) is 1.47. The van der Waals surface area contributed by atoms with Gasteiger partial charge in [0, 0.05) is 24.5 Å². The summed E-state index contributed by atoms with van der Waals surface area (Å²) in [5, 5.41) is 0.557. The number of rotatable bonds is 3. The third-order valence-corrected chi connectivity index (χ3v) is 3.07. The molecule has 5 heteroatoms. The van der Waals surface area contributed by atoms with Crippen molar-refractivity contribution in [1.82, 2.24) is 9.55 Å². The van der Waals surface area contributed by atoms with Crippen molar-refractivity contribution < 1.29 is 9.53 Å². The zero-order valence-electron chi connectivity index (χ0n) is 10.2. The Morgan fingerprint density at radius 2 is 2.28 bits per heavy atom. The van der Waals surface area contributed by atoms with Crippen LogP contribution in [-0.4, -0.2) is 15.5 Å². The minimum absolute atomic E-state index is 0.147. The molecule has 0 atom stereocenters. The van der Waals surface area contributed by atoms with Gasteiger partial charge in [0.2, 0.25) is 0 Å². The third-order valence-electron chi connectivity index (χ3n) is 2.66. The monoisotopic (exact) mass is 264 g/mol. The number of esters is 1. The minimum atomic E-state index is -0.403. The standard InChI is InChI=1S/C13H13ClN2O2/c1-9-3-4-10(7-11(9)14)13(17)18-8-12-15-5-6-16(12)2/h3-7H,8H2,1-2H3. The Hall–Kier alpha value is -1.81. The SMILES string of the molecule is Cc1ccc(C(=O)OCc2nccn2C)cc1Cl. The average molecular weight is 265 g/mol. The van der Waals surface area contributed by atoms with Crippen LogP contribution in [0.3, 0.4) is 0 Å². The molecule has 0 radical (unpaired) electrons.